The average Bonchev–Trinajstić information content (AvgIpc) is 2.34. The van der Waals surface area contributed by atoms with Crippen LogP contribution in [0.5, 0.6) is 0 Å². The number of rotatable bonds is 2. The Morgan fingerprint density at radius 3 is 3.00 bits per heavy atom. The number of benzene rings is 1. The van der Waals surface area contributed by atoms with E-state index in [-0.39, 0.29) is 22.7 Å². The summed E-state index contributed by atoms with van der Waals surface area (Å²) in [6, 6.07) is 4.06. The second-order valence-electron chi connectivity index (χ2n) is 4.72. The van der Waals surface area contributed by atoms with Crippen molar-refractivity contribution in [2.75, 3.05) is 11.9 Å². The molecule has 0 spiro atoms. The molecule has 0 radical (unpaired) electrons. The van der Waals surface area contributed by atoms with Crippen molar-refractivity contribution in [1.29, 1.82) is 0 Å². The van der Waals surface area contributed by atoms with E-state index in [0.29, 0.717) is 5.92 Å². The number of hydrogen-bond acceptors (Lipinski definition) is 2. The number of carbonyl (C=O) groups excluding carboxylic acids is 1. The second kappa shape index (κ2) is 5.67. The number of amides is 1. The lowest BCUT2D eigenvalue weighted by Gasteiger charge is -2.27. The van der Waals surface area contributed by atoms with Crippen molar-refractivity contribution >= 4 is 23.2 Å². The molecule has 1 amide bonds. The van der Waals surface area contributed by atoms with Crippen LogP contribution in [0, 0.1) is 11.7 Å². The van der Waals surface area contributed by atoms with Crippen molar-refractivity contribution in [2.45, 2.75) is 25.8 Å². The maximum atomic E-state index is 13.5. The summed E-state index contributed by atoms with van der Waals surface area (Å²) in [4.78, 5) is 12.0. The maximum Gasteiger partial charge on any atom is 0.241 e. The van der Waals surface area contributed by atoms with Crippen molar-refractivity contribution in [3.63, 3.8) is 0 Å². The van der Waals surface area contributed by atoms with Crippen LogP contribution in [0.1, 0.15) is 19.8 Å². The Morgan fingerprint density at radius 2 is 2.33 bits per heavy atom. The van der Waals surface area contributed by atoms with Crippen LogP contribution in [0.4, 0.5) is 10.1 Å². The van der Waals surface area contributed by atoms with Crippen LogP contribution in [0.3, 0.4) is 0 Å². The summed E-state index contributed by atoms with van der Waals surface area (Å²) in [6.45, 7) is 2.92. The van der Waals surface area contributed by atoms with E-state index in [2.05, 4.69) is 17.6 Å². The lowest BCUT2D eigenvalue weighted by molar-refractivity contribution is -0.119. The molecule has 1 fully saturated rings. The minimum Gasteiger partial charge on any atom is -0.321 e. The zero-order valence-corrected chi connectivity index (χ0v) is 10.9. The average molecular weight is 271 g/mol. The van der Waals surface area contributed by atoms with Crippen molar-refractivity contribution in [3.05, 3.63) is 29.0 Å². The third-order valence-corrected chi connectivity index (χ3v) is 3.51. The van der Waals surface area contributed by atoms with Gasteiger partial charge in [-0.15, -0.1) is 0 Å². The fourth-order valence-electron chi connectivity index (χ4n) is 2.13. The van der Waals surface area contributed by atoms with Crippen LogP contribution in [0.2, 0.25) is 5.02 Å². The fourth-order valence-corrected chi connectivity index (χ4v) is 2.35. The van der Waals surface area contributed by atoms with Gasteiger partial charge in [-0.3, -0.25) is 4.79 Å². The molecule has 2 rings (SSSR count). The number of para-hydroxylation sites is 1. The Balaban J connectivity index is 2.07. The number of anilines is 1. The number of carbonyl (C=O) groups is 1. The van der Waals surface area contributed by atoms with E-state index in [0.717, 1.165) is 19.4 Å². The molecule has 2 unspecified atom stereocenters. The predicted octanol–water partition coefficient (Wildman–Crippen LogP) is 2.81. The molecule has 2 atom stereocenters. The molecule has 98 valence electrons. The molecule has 18 heavy (non-hydrogen) atoms. The van der Waals surface area contributed by atoms with Crippen LogP contribution in [0.25, 0.3) is 0 Å². The molecule has 0 saturated carbocycles. The monoisotopic (exact) mass is 270 g/mol. The molecule has 1 aliphatic rings. The molecule has 1 aliphatic heterocycles. The Morgan fingerprint density at radius 1 is 1.56 bits per heavy atom. The van der Waals surface area contributed by atoms with Gasteiger partial charge in [-0.2, -0.15) is 0 Å². The fraction of sp³-hybridized carbons (Fsp3) is 0.462. The molecule has 1 heterocycles. The van der Waals surface area contributed by atoms with Crippen molar-refractivity contribution in [2.24, 2.45) is 5.92 Å². The summed E-state index contributed by atoms with van der Waals surface area (Å²) in [5, 5.41) is 5.91. The lowest BCUT2D eigenvalue weighted by Crippen LogP contribution is -2.45. The van der Waals surface area contributed by atoms with Gasteiger partial charge in [-0.05, 0) is 37.4 Å². The normalized spacial score (nSPS) is 23.7. The number of halogens is 2. The molecular weight excluding hydrogens is 255 g/mol. The predicted molar refractivity (Wildman–Crippen MR) is 70.2 cm³/mol. The summed E-state index contributed by atoms with van der Waals surface area (Å²) >= 11 is 5.87. The Hall–Kier alpha value is -1.13. The number of nitrogens with one attached hydrogen (secondary N) is 2. The van der Waals surface area contributed by atoms with E-state index in [1.165, 1.54) is 12.1 Å². The summed E-state index contributed by atoms with van der Waals surface area (Å²) in [5.41, 5.74) is 0.0594. The highest BCUT2D eigenvalue weighted by molar-refractivity contribution is 6.33. The van der Waals surface area contributed by atoms with Gasteiger partial charge in [0.05, 0.1) is 16.8 Å². The zero-order chi connectivity index (χ0) is 13.1. The van der Waals surface area contributed by atoms with E-state index in [1.807, 2.05) is 0 Å². The van der Waals surface area contributed by atoms with Gasteiger partial charge in [0, 0.05) is 0 Å². The van der Waals surface area contributed by atoms with Crippen molar-refractivity contribution in [1.82, 2.24) is 5.32 Å². The molecule has 0 bridgehead atoms. The zero-order valence-electron chi connectivity index (χ0n) is 10.2. The standard InChI is InChI=1S/C13H16ClFN2O/c1-8-5-6-16-11(7-8)13(18)17-12-9(14)3-2-4-10(12)15/h2-4,8,11,16H,5-7H2,1H3,(H,17,18). The van der Waals surface area contributed by atoms with Crippen molar-refractivity contribution in [3.8, 4) is 0 Å². The van der Waals surface area contributed by atoms with E-state index < -0.39 is 5.82 Å². The first-order valence-corrected chi connectivity index (χ1v) is 6.44. The summed E-state index contributed by atoms with van der Waals surface area (Å²) in [7, 11) is 0. The van der Waals surface area contributed by atoms with Gasteiger partial charge in [0.1, 0.15) is 5.82 Å². The minimum atomic E-state index is -0.514. The molecule has 3 nitrogen and oxygen atoms in total. The van der Waals surface area contributed by atoms with Crippen LogP contribution in [0.15, 0.2) is 18.2 Å². The van der Waals surface area contributed by atoms with Crippen LogP contribution >= 0.6 is 11.6 Å². The third kappa shape index (κ3) is 3.00. The molecule has 0 aromatic heterocycles. The lowest BCUT2D eigenvalue weighted by atomic mass is 9.94. The highest BCUT2D eigenvalue weighted by Crippen LogP contribution is 2.25. The Labute approximate surface area is 111 Å². The van der Waals surface area contributed by atoms with Crippen LogP contribution in [-0.4, -0.2) is 18.5 Å². The first-order valence-electron chi connectivity index (χ1n) is 6.06. The van der Waals surface area contributed by atoms with Crippen LogP contribution < -0.4 is 10.6 Å². The first-order chi connectivity index (χ1) is 8.58. The largest absolute Gasteiger partial charge is 0.321 e. The number of hydrogen-bond donors (Lipinski definition) is 2. The number of piperidine rings is 1. The smallest absolute Gasteiger partial charge is 0.241 e. The topological polar surface area (TPSA) is 41.1 Å². The maximum absolute atomic E-state index is 13.5. The van der Waals surface area contributed by atoms with Gasteiger partial charge in [-0.25, -0.2) is 4.39 Å². The van der Waals surface area contributed by atoms with Gasteiger partial charge in [0.15, 0.2) is 0 Å². The van der Waals surface area contributed by atoms with E-state index in [9.17, 15) is 9.18 Å². The molecular formula is C13H16ClFN2O. The molecule has 1 aromatic carbocycles. The SMILES string of the molecule is CC1CCNC(C(=O)Nc2c(F)cccc2Cl)C1. The quantitative estimate of drug-likeness (QED) is 0.868. The Bertz CT molecular complexity index is 432. The van der Waals surface area contributed by atoms with Gasteiger partial charge >= 0.3 is 0 Å². The van der Waals surface area contributed by atoms with E-state index in [4.69, 9.17) is 11.6 Å². The third-order valence-electron chi connectivity index (χ3n) is 3.19. The summed E-state index contributed by atoms with van der Waals surface area (Å²) < 4.78 is 13.5. The van der Waals surface area contributed by atoms with Crippen molar-refractivity contribution < 1.29 is 9.18 Å². The van der Waals surface area contributed by atoms with Gasteiger partial charge in [0.2, 0.25) is 5.91 Å². The second-order valence-corrected chi connectivity index (χ2v) is 5.13. The first kappa shape index (κ1) is 13.3. The Kier molecular flexibility index (Phi) is 4.19. The van der Waals surface area contributed by atoms with Gasteiger partial charge in [0.25, 0.3) is 0 Å². The van der Waals surface area contributed by atoms with Crippen LogP contribution in [-0.2, 0) is 4.79 Å². The van der Waals surface area contributed by atoms with E-state index in [1.54, 1.807) is 6.07 Å². The molecule has 1 saturated heterocycles. The molecule has 1 aromatic rings. The van der Waals surface area contributed by atoms with Gasteiger partial charge in [-0.1, -0.05) is 24.6 Å². The van der Waals surface area contributed by atoms with E-state index >= 15 is 0 Å². The van der Waals surface area contributed by atoms with Gasteiger partial charge < -0.3 is 10.6 Å². The summed E-state index contributed by atoms with van der Waals surface area (Å²) in [5.74, 6) is -0.244. The minimum absolute atomic E-state index is 0.0594. The summed E-state index contributed by atoms with van der Waals surface area (Å²) in [6.07, 6.45) is 1.82. The molecule has 5 heteroatoms. The molecule has 2 N–H and O–H groups in total. The molecule has 0 aliphatic carbocycles. The highest BCUT2D eigenvalue weighted by Gasteiger charge is 2.25. The highest BCUT2D eigenvalue weighted by atomic mass is 35.5.